The number of nitrogens with zero attached hydrogens (tertiary/aromatic N) is 2. The first-order valence-corrected chi connectivity index (χ1v) is 12.2. The lowest BCUT2D eigenvalue weighted by Gasteiger charge is -2.33. The van der Waals surface area contributed by atoms with Gasteiger partial charge in [0.15, 0.2) is 0 Å². The molecule has 1 aliphatic rings. The normalized spacial score (nSPS) is 15.3. The Morgan fingerprint density at radius 2 is 1.73 bits per heavy atom. The first-order chi connectivity index (χ1) is 16.2. The van der Waals surface area contributed by atoms with E-state index in [9.17, 15) is 9.59 Å². The molecule has 6 heteroatoms. The van der Waals surface area contributed by atoms with Crippen LogP contribution in [-0.2, 0) is 11.2 Å². The Balaban J connectivity index is 1.47. The molecule has 0 aliphatic carbocycles. The monoisotopic (exact) mass is 448 g/mol. The molecular formula is C27H36N4O2. The maximum Gasteiger partial charge on any atom is 0.257 e. The van der Waals surface area contributed by atoms with Gasteiger partial charge in [-0.1, -0.05) is 55.8 Å². The molecule has 1 fully saturated rings. The van der Waals surface area contributed by atoms with Gasteiger partial charge in [-0.2, -0.15) is 5.10 Å². The first-order valence-electron chi connectivity index (χ1n) is 12.2. The number of rotatable bonds is 11. The number of hydrogen-bond acceptors (Lipinski definition) is 4. The largest absolute Gasteiger partial charge is 0.352 e. The number of carbonyl (C=O) groups excluding carboxylic acids is 2. The van der Waals surface area contributed by atoms with Gasteiger partial charge in [-0.25, -0.2) is 5.43 Å². The van der Waals surface area contributed by atoms with Crippen molar-refractivity contribution < 1.29 is 9.59 Å². The number of likely N-dealkylation sites (tertiary alicyclic amines) is 1. The summed E-state index contributed by atoms with van der Waals surface area (Å²) < 4.78 is 0. The van der Waals surface area contributed by atoms with E-state index in [1.54, 1.807) is 6.21 Å². The second-order valence-electron chi connectivity index (χ2n) is 8.56. The number of piperidine rings is 1. The highest BCUT2D eigenvalue weighted by Gasteiger charge is 2.26. The molecule has 0 bridgehead atoms. The standard InChI is InChI=1S/C27H36N4O2/c1-2-22-14-16-23(17-15-22)21-29-30-27(33)25(31-19-9-4-10-20-31)13-7-8-18-28-26(32)24-11-5-3-6-12-24/h3,5-6,11-12,14-17,21,25H,2,4,7-10,13,18-20H2,1H3,(H,28,32)(H,30,33)/b29-21+. The van der Waals surface area contributed by atoms with Gasteiger partial charge in [0, 0.05) is 12.1 Å². The Bertz CT molecular complexity index is 890. The van der Waals surface area contributed by atoms with Gasteiger partial charge in [0.1, 0.15) is 0 Å². The minimum atomic E-state index is -0.185. The molecular weight excluding hydrogens is 412 g/mol. The van der Waals surface area contributed by atoms with E-state index in [2.05, 4.69) is 39.8 Å². The van der Waals surface area contributed by atoms with E-state index in [-0.39, 0.29) is 17.9 Å². The summed E-state index contributed by atoms with van der Waals surface area (Å²) in [6, 6.07) is 17.2. The Labute approximate surface area is 197 Å². The Morgan fingerprint density at radius 1 is 1.00 bits per heavy atom. The Hall–Kier alpha value is -2.99. The van der Waals surface area contributed by atoms with E-state index in [4.69, 9.17) is 0 Å². The van der Waals surface area contributed by atoms with Crippen molar-refractivity contribution in [3.8, 4) is 0 Å². The summed E-state index contributed by atoms with van der Waals surface area (Å²) in [5, 5.41) is 7.17. The van der Waals surface area contributed by atoms with Crippen molar-refractivity contribution in [2.24, 2.45) is 5.10 Å². The highest BCUT2D eigenvalue weighted by atomic mass is 16.2. The van der Waals surface area contributed by atoms with Crippen LogP contribution in [0.15, 0.2) is 59.7 Å². The quantitative estimate of drug-likeness (QED) is 0.308. The molecule has 2 aromatic rings. The van der Waals surface area contributed by atoms with Gasteiger partial charge < -0.3 is 5.32 Å². The van der Waals surface area contributed by atoms with Gasteiger partial charge in [-0.05, 0) is 74.9 Å². The highest BCUT2D eigenvalue weighted by molar-refractivity contribution is 5.94. The minimum Gasteiger partial charge on any atom is -0.352 e. The second-order valence-corrected chi connectivity index (χ2v) is 8.56. The van der Waals surface area contributed by atoms with Gasteiger partial charge in [0.25, 0.3) is 11.8 Å². The molecule has 33 heavy (non-hydrogen) atoms. The summed E-state index contributed by atoms with van der Waals surface area (Å²) in [5.74, 6) is -0.103. The number of carbonyl (C=O) groups is 2. The topological polar surface area (TPSA) is 73.8 Å². The molecule has 0 saturated carbocycles. The summed E-state index contributed by atoms with van der Waals surface area (Å²) in [5.41, 5.74) is 5.68. The van der Waals surface area contributed by atoms with Crippen molar-refractivity contribution in [1.82, 2.24) is 15.6 Å². The van der Waals surface area contributed by atoms with Gasteiger partial charge in [-0.15, -0.1) is 0 Å². The van der Waals surface area contributed by atoms with E-state index >= 15 is 0 Å². The predicted octanol–water partition coefficient (Wildman–Crippen LogP) is 4.15. The summed E-state index contributed by atoms with van der Waals surface area (Å²) in [6.07, 6.45) is 8.64. The van der Waals surface area contributed by atoms with E-state index in [0.717, 1.165) is 57.2 Å². The fourth-order valence-electron chi connectivity index (χ4n) is 4.15. The summed E-state index contributed by atoms with van der Waals surface area (Å²) in [4.78, 5) is 27.4. The molecule has 0 radical (unpaired) electrons. The van der Waals surface area contributed by atoms with E-state index < -0.39 is 0 Å². The zero-order valence-corrected chi connectivity index (χ0v) is 19.6. The van der Waals surface area contributed by atoms with E-state index in [1.807, 2.05) is 42.5 Å². The molecule has 2 aromatic carbocycles. The van der Waals surface area contributed by atoms with Crippen LogP contribution in [0, 0.1) is 0 Å². The molecule has 1 atom stereocenters. The van der Waals surface area contributed by atoms with Gasteiger partial charge >= 0.3 is 0 Å². The highest BCUT2D eigenvalue weighted by Crippen LogP contribution is 2.16. The number of hydrazone groups is 1. The van der Waals surface area contributed by atoms with Crippen molar-refractivity contribution in [2.75, 3.05) is 19.6 Å². The van der Waals surface area contributed by atoms with E-state index in [0.29, 0.717) is 12.1 Å². The van der Waals surface area contributed by atoms with Crippen molar-refractivity contribution in [2.45, 2.75) is 57.9 Å². The minimum absolute atomic E-state index is 0.0494. The first kappa shape index (κ1) is 24.6. The average Bonchev–Trinajstić information content (AvgIpc) is 2.87. The molecule has 176 valence electrons. The van der Waals surface area contributed by atoms with Crippen molar-refractivity contribution >= 4 is 18.0 Å². The lowest BCUT2D eigenvalue weighted by molar-refractivity contribution is -0.127. The third-order valence-electron chi connectivity index (χ3n) is 6.14. The van der Waals surface area contributed by atoms with Crippen LogP contribution in [0.3, 0.4) is 0 Å². The van der Waals surface area contributed by atoms with Crippen LogP contribution in [0.2, 0.25) is 0 Å². The summed E-state index contributed by atoms with van der Waals surface area (Å²) in [6.45, 7) is 4.63. The number of benzene rings is 2. The zero-order valence-electron chi connectivity index (χ0n) is 19.6. The predicted molar refractivity (Wildman–Crippen MR) is 133 cm³/mol. The SMILES string of the molecule is CCc1ccc(/C=N/NC(=O)C(CCCCNC(=O)c2ccccc2)N2CCCCC2)cc1. The molecule has 1 unspecified atom stereocenters. The number of aryl methyl sites for hydroxylation is 1. The van der Waals surface area contributed by atoms with Crippen LogP contribution >= 0.6 is 0 Å². The van der Waals surface area contributed by atoms with Crippen LogP contribution in [0.5, 0.6) is 0 Å². The van der Waals surface area contributed by atoms with Crippen LogP contribution in [-0.4, -0.2) is 48.6 Å². The molecule has 1 saturated heterocycles. The molecule has 0 spiro atoms. The number of amides is 2. The van der Waals surface area contributed by atoms with E-state index in [1.165, 1.54) is 12.0 Å². The maximum absolute atomic E-state index is 13.0. The molecule has 3 rings (SSSR count). The molecule has 2 N–H and O–H groups in total. The van der Waals surface area contributed by atoms with Crippen LogP contribution < -0.4 is 10.7 Å². The van der Waals surface area contributed by atoms with Crippen LogP contribution in [0.25, 0.3) is 0 Å². The fourth-order valence-corrected chi connectivity index (χ4v) is 4.15. The summed E-state index contributed by atoms with van der Waals surface area (Å²) >= 11 is 0. The van der Waals surface area contributed by atoms with Crippen LogP contribution in [0.1, 0.15) is 66.9 Å². The van der Waals surface area contributed by atoms with Crippen molar-refractivity contribution in [1.29, 1.82) is 0 Å². The molecule has 2 amide bonds. The molecule has 1 heterocycles. The molecule has 0 aromatic heterocycles. The molecule has 6 nitrogen and oxygen atoms in total. The van der Waals surface area contributed by atoms with Gasteiger partial charge in [-0.3, -0.25) is 14.5 Å². The smallest absolute Gasteiger partial charge is 0.257 e. The van der Waals surface area contributed by atoms with Crippen molar-refractivity contribution in [3.63, 3.8) is 0 Å². The third kappa shape index (κ3) is 8.13. The zero-order chi connectivity index (χ0) is 23.3. The number of nitrogens with one attached hydrogen (secondary N) is 2. The summed E-state index contributed by atoms with van der Waals surface area (Å²) in [7, 11) is 0. The Morgan fingerprint density at radius 3 is 2.42 bits per heavy atom. The van der Waals surface area contributed by atoms with Gasteiger partial charge in [0.2, 0.25) is 0 Å². The van der Waals surface area contributed by atoms with Gasteiger partial charge in [0.05, 0.1) is 12.3 Å². The van der Waals surface area contributed by atoms with Crippen molar-refractivity contribution in [3.05, 3.63) is 71.3 Å². The van der Waals surface area contributed by atoms with Crippen LogP contribution in [0.4, 0.5) is 0 Å². The lowest BCUT2D eigenvalue weighted by atomic mass is 10.0. The average molecular weight is 449 g/mol. The lowest BCUT2D eigenvalue weighted by Crippen LogP contribution is -2.47. The molecule has 1 aliphatic heterocycles. The maximum atomic E-state index is 13.0. The second kappa shape index (κ2) is 13.5. The number of hydrogen-bond donors (Lipinski definition) is 2. The number of unbranched alkanes of at least 4 members (excludes halogenated alkanes) is 1. The Kier molecular flexibility index (Phi) is 10.1. The third-order valence-corrected chi connectivity index (χ3v) is 6.14. The fraction of sp³-hybridized carbons (Fsp3) is 0.444.